The maximum absolute atomic E-state index is 13.9. The highest BCUT2D eigenvalue weighted by Crippen LogP contribution is 2.44. The summed E-state index contributed by atoms with van der Waals surface area (Å²) in [5, 5.41) is 0. The van der Waals surface area contributed by atoms with Gasteiger partial charge in [-0.2, -0.15) is 8.78 Å². The van der Waals surface area contributed by atoms with Crippen LogP contribution < -0.4 is 0 Å². The van der Waals surface area contributed by atoms with Crippen molar-refractivity contribution in [1.82, 2.24) is 0 Å². The van der Waals surface area contributed by atoms with Crippen LogP contribution in [0.3, 0.4) is 0 Å². The number of halogens is 4. The van der Waals surface area contributed by atoms with Crippen molar-refractivity contribution in [1.29, 1.82) is 0 Å². The molecule has 20 heavy (non-hydrogen) atoms. The Balaban J connectivity index is 2.73. The van der Waals surface area contributed by atoms with Crippen molar-refractivity contribution in [2.45, 2.75) is 30.3 Å². The zero-order valence-electron chi connectivity index (χ0n) is 10.7. The van der Waals surface area contributed by atoms with E-state index < -0.39 is 17.1 Å². The van der Waals surface area contributed by atoms with Crippen LogP contribution in [0.4, 0.5) is 13.2 Å². The molecule has 1 radical (unpaired) electrons. The van der Waals surface area contributed by atoms with E-state index >= 15 is 0 Å². The number of benzene rings is 1. The summed E-state index contributed by atoms with van der Waals surface area (Å²) in [5.74, 6) is -2.86. The molecule has 2 rings (SSSR count). The molecule has 0 amide bonds. The van der Waals surface area contributed by atoms with Gasteiger partial charge in [-0.1, -0.05) is 17.7 Å². The first-order valence-corrected chi connectivity index (χ1v) is 6.61. The van der Waals surface area contributed by atoms with Crippen molar-refractivity contribution in [2.75, 3.05) is 0 Å². The lowest BCUT2D eigenvalue weighted by Crippen LogP contribution is -2.24. The Morgan fingerprint density at radius 2 is 2.05 bits per heavy atom. The molecular weight excluding hydrogens is 309 g/mol. The third-order valence-electron chi connectivity index (χ3n) is 2.89. The molecule has 1 atom stereocenters. The topological polar surface area (TPSA) is 13.1 Å². The van der Waals surface area contributed by atoms with Gasteiger partial charge in [-0.05, 0) is 32.0 Å². The van der Waals surface area contributed by atoms with E-state index in [9.17, 15) is 13.2 Å². The summed E-state index contributed by atoms with van der Waals surface area (Å²) in [7, 11) is 0. The second-order valence-corrected chi connectivity index (χ2v) is 5.23. The Morgan fingerprint density at radius 3 is 2.55 bits per heavy atom. The molecule has 0 aliphatic rings. The van der Waals surface area contributed by atoms with Gasteiger partial charge in [0.25, 0.3) is 0 Å². The third-order valence-corrected chi connectivity index (χ3v) is 3.54. The smallest absolute Gasteiger partial charge is 0.318 e. The number of aryl methyl sites for hydroxylation is 2. The number of furan rings is 1. The second-order valence-electron chi connectivity index (χ2n) is 4.36. The monoisotopic (exact) mass is 319 g/mol. The standard InChI is InChI=1S/C14H11ClF3OS/c1-7-6-9(8(2)19-7)12-10(4-3-5-11(12)20)14(17,18)13(15)16/h3,5-6,13,20H,1-2H3. The third kappa shape index (κ3) is 2.56. The first kappa shape index (κ1) is 15.3. The number of hydrogen-bond donors (Lipinski definition) is 1. The quantitative estimate of drug-likeness (QED) is 0.600. The fourth-order valence-electron chi connectivity index (χ4n) is 2.01. The molecule has 1 aromatic carbocycles. The fourth-order valence-corrected chi connectivity index (χ4v) is 2.43. The van der Waals surface area contributed by atoms with Crippen molar-refractivity contribution in [3.05, 3.63) is 41.3 Å². The van der Waals surface area contributed by atoms with Gasteiger partial charge in [0.2, 0.25) is 5.63 Å². The highest BCUT2D eigenvalue weighted by molar-refractivity contribution is 7.80. The molecule has 2 aromatic rings. The highest BCUT2D eigenvalue weighted by atomic mass is 35.5. The number of thiol groups is 1. The van der Waals surface area contributed by atoms with Gasteiger partial charge in [0, 0.05) is 21.6 Å². The van der Waals surface area contributed by atoms with Crippen LogP contribution in [0.5, 0.6) is 0 Å². The maximum Gasteiger partial charge on any atom is 0.318 e. The van der Waals surface area contributed by atoms with E-state index in [1.807, 2.05) is 0 Å². The summed E-state index contributed by atoms with van der Waals surface area (Å²) in [4.78, 5) is 0.277. The molecular formula is C14H11ClF3OS. The minimum atomic E-state index is -3.87. The van der Waals surface area contributed by atoms with E-state index in [-0.39, 0.29) is 10.5 Å². The minimum Gasteiger partial charge on any atom is -0.466 e. The Bertz CT molecular complexity index is 637. The summed E-state index contributed by atoms with van der Waals surface area (Å²) in [6, 6.07) is 6.73. The zero-order valence-corrected chi connectivity index (χ0v) is 12.3. The molecule has 1 unspecified atom stereocenters. The fraction of sp³-hybridized carbons (Fsp3) is 0.286. The van der Waals surface area contributed by atoms with E-state index in [0.29, 0.717) is 17.1 Å². The van der Waals surface area contributed by atoms with Crippen molar-refractivity contribution in [3.63, 3.8) is 0 Å². The molecule has 6 heteroatoms. The van der Waals surface area contributed by atoms with Crippen molar-refractivity contribution < 1.29 is 17.6 Å². The van der Waals surface area contributed by atoms with Crippen LogP contribution in [0.1, 0.15) is 17.1 Å². The highest BCUT2D eigenvalue weighted by Gasteiger charge is 2.43. The van der Waals surface area contributed by atoms with Crippen LogP contribution in [0.25, 0.3) is 11.1 Å². The average molecular weight is 320 g/mol. The lowest BCUT2D eigenvalue weighted by atomic mass is 9.96. The first-order valence-electron chi connectivity index (χ1n) is 5.72. The van der Waals surface area contributed by atoms with Gasteiger partial charge in [0.05, 0.1) is 0 Å². The Hall–Kier alpha value is -1.07. The average Bonchev–Trinajstić information content (AvgIpc) is 2.67. The number of alkyl halides is 4. The molecule has 107 valence electrons. The molecule has 1 aromatic heterocycles. The van der Waals surface area contributed by atoms with Gasteiger partial charge in [0.1, 0.15) is 11.5 Å². The summed E-state index contributed by atoms with van der Waals surface area (Å²) >= 11 is 9.15. The number of rotatable bonds is 3. The first-order chi connectivity index (χ1) is 9.25. The Kier molecular flexibility index (Phi) is 4.12. The van der Waals surface area contributed by atoms with Gasteiger partial charge >= 0.3 is 5.92 Å². The van der Waals surface area contributed by atoms with Crippen molar-refractivity contribution in [3.8, 4) is 11.1 Å². The van der Waals surface area contributed by atoms with E-state index in [1.165, 1.54) is 12.1 Å². The van der Waals surface area contributed by atoms with Crippen LogP contribution in [0.15, 0.2) is 27.5 Å². The van der Waals surface area contributed by atoms with E-state index in [1.54, 1.807) is 19.9 Å². The van der Waals surface area contributed by atoms with E-state index in [0.717, 1.165) is 0 Å². The summed E-state index contributed by atoms with van der Waals surface area (Å²) in [5.41, 5.74) is -2.97. The second kappa shape index (κ2) is 5.37. The molecule has 1 nitrogen and oxygen atoms in total. The maximum atomic E-state index is 13.9. The molecule has 1 heterocycles. The van der Waals surface area contributed by atoms with Crippen molar-refractivity contribution >= 4 is 24.2 Å². The van der Waals surface area contributed by atoms with Crippen LogP contribution in [0.2, 0.25) is 0 Å². The van der Waals surface area contributed by atoms with Gasteiger partial charge in [-0.25, -0.2) is 4.39 Å². The summed E-state index contributed by atoms with van der Waals surface area (Å²) in [6.45, 7) is 3.33. The molecule has 0 aliphatic carbocycles. The molecule has 0 saturated carbocycles. The molecule has 0 spiro atoms. The Morgan fingerprint density at radius 1 is 1.40 bits per heavy atom. The molecule has 0 aliphatic heterocycles. The zero-order chi connectivity index (χ0) is 15.1. The number of hydrogen-bond acceptors (Lipinski definition) is 2. The van der Waals surface area contributed by atoms with E-state index in [2.05, 4.69) is 18.7 Å². The predicted octanol–water partition coefficient (Wildman–Crippen LogP) is 5.28. The molecule has 0 bridgehead atoms. The Labute approximate surface area is 125 Å². The van der Waals surface area contributed by atoms with Crippen molar-refractivity contribution in [2.24, 2.45) is 0 Å². The van der Waals surface area contributed by atoms with Gasteiger partial charge < -0.3 is 4.42 Å². The van der Waals surface area contributed by atoms with Crippen LogP contribution in [-0.4, -0.2) is 5.63 Å². The van der Waals surface area contributed by atoms with E-state index in [4.69, 9.17) is 16.0 Å². The normalized spacial score (nSPS) is 13.6. The van der Waals surface area contributed by atoms with Crippen LogP contribution in [0, 0.1) is 19.9 Å². The SMILES string of the molecule is Cc1cc(-c2c(C(F)(F)C(F)Cl)[c]ccc2S)c(C)o1. The molecule has 0 N–H and O–H groups in total. The summed E-state index contributed by atoms with van der Waals surface area (Å²) < 4.78 is 46.3. The lowest BCUT2D eigenvalue weighted by molar-refractivity contribution is -0.0461. The molecule has 0 saturated heterocycles. The van der Waals surface area contributed by atoms with Gasteiger partial charge in [-0.3, -0.25) is 0 Å². The van der Waals surface area contributed by atoms with Crippen LogP contribution in [-0.2, 0) is 5.92 Å². The largest absolute Gasteiger partial charge is 0.466 e. The summed E-state index contributed by atoms with van der Waals surface area (Å²) in [6.07, 6.45) is 0. The lowest BCUT2D eigenvalue weighted by Gasteiger charge is -2.20. The molecule has 0 fully saturated rings. The van der Waals surface area contributed by atoms with Gasteiger partial charge in [0.15, 0.2) is 0 Å². The van der Waals surface area contributed by atoms with Crippen LogP contribution >= 0.6 is 24.2 Å². The van der Waals surface area contributed by atoms with Gasteiger partial charge in [-0.15, -0.1) is 12.6 Å². The minimum absolute atomic E-state index is 0.0819. The predicted molar refractivity (Wildman–Crippen MR) is 74.3 cm³/mol.